The Bertz CT molecular complexity index is 207. The van der Waals surface area contributed by atoms with Gasteiger partial charge in [-0.1, -0.05) is 12.6 Å². The van der Waals surface area contributed by atoms with Crippen molar-refractivity contribution in [3.8, 4) is 0 Å². The second kappa shape index (κ2) is 2.66. The maximum absolute atomic E-state index is 4.19. The Morgan fingerprint density at radius 3 is 2.67 bits per heavy atom. The molecule has 0 atom stereocenters. The van der Waals surface area contributed by atoms with Crippen molar-refractivity contribution in [2.24, 2.45) is 0 Å². The molecule has 0 aromatic carbocycles. The molecule has 0 saturated heterocycles. The molecule has 0 spiro atoms. The van der Waals surface area contributed by atoms with Gasteiger partial charge in [-0.05, 0) is 6.92 Å². The molecule has 4 heteroatoms. The Morgan fingerprint density at radius 2 is 2.44 bits per heavy atom. The van der Waals surface area contributed by atoms with E-state index in [1.54, 1.807) is 3.97 Å². The monoisotopic (exact) mass is 161 g/mol. The van der Waals surface area contributed by atoms with E-state index in [0.717, 1.165) is 11.7 Å². The Hall–Kier alpha value is -0.0900. The molecule has 0 aliphatic heterocycles. The lowest BCUT2D eigenvalue weighted by Gasteiger charge is -1.88. The van der Waals surface area contributed by atoms with Crippen molar-refractivity contribution in [2.75, 3.05) is 0 Å². The number of imidazole rings is 1. The minimum Gasteiger partial charge on any atom is -0.224 e. The molecule has 9 heavy (non-hydrogen) atoms. The van der Waals surface area contributed by atoms with Gasteiger partial charge in [0.15, 0.2) is 0 Å². The number of rotatable bonds is 1. The van der Waals surface area contributed by atoms with Gasteiger partial charge < -0.3 is 0 Å². The molecular weight excluding hydrogens is 152 g/mol. The van der Waals surface area contributed by atoms with Gasteiger partial charge in [-0.3, -0.25) is 0 Å². The molecule has 0 fully saturated rings. The lowest BCUT2D eigenvalue weighted by molar-refractivity contribution is -0.728. The highest BCUT2D eigenvalue weighted by Gasteiger charge is 2.06. The van der Waals surface area contributed by atoms with Gasteiger partial charge in [0.2, 0.25) is 0 Å². The summed E-state index contributed by atoms with van der Waals surface area (Å²) in [6.45, 7) is 3.00. The number of nitrogens with zero attached hydrogens (tertiary/aromatic N) is 2. The predicted molar refractivity (Wildman–Crippen MR) is 41.9 cm³/mol. The van der Waals surface area contributed by atoms with E-state index < -0.39 is 0 Å². The van der Waals surface area contributed by atoms with Gasteiger partial charge in [0.1, 0.15) is 12.4 Å². The number of thiol groups is 2. The van der Waals surface area contributed by atoms with Crippen molar-refractivity contribution < 1.29 is 4.57 Å². The molecule has 0 saturated carbocycles. The van der Waals surface area contributed by atoms with Crippen molar-refractivity contribution in [1.82, 2.24) is 3.97 Å². The molecule has 2 nitrogen and oxygen atoms in total. The first kappa shape index (κ1) is 7.02. The molecule has 0 aliphatic rings. The second-order valence-corrected chi connectivity index (χ2v) is 2.56. The molecule has 0 bridgehead atoms. The van der Waals surface area contributed by atoms with E-state index in [4.69, 9.17) is 0 Å². The van der Waals surface area contributed by atoms with Gasteiger partial charge in [0.05, 0.1) is 6.54 Å². The summed E-state index contributed by atoms with van der Waals surface area (Å²) < 4.78 is 3.67. The van der Waals surface area contributed by atoms with Gasteiger partial charge in [-0.25, -0.2) is 4.57 Å². The molecule has 1 aromatic rings. The third-order valence-corrected chi connectivity index (χ3v) is 2.14. The second-order valence-electron chi connectivity index (χ2n) is 1.73. The summed E-state index contributed by atoms with van der Waals surface area (Å²) in [6.07, 6.45) is 3.80. The zero-order valence-electron chi connectivity index (χ0n) is 5.15. The fourth-order valence-electron chi connectivity index (χ4n) is 0.655. The van der Waals surface area contributed by atoms with Crippen LogP contribution in [-0.4, -0.2) is 3.97 Å². The molecule has 0 N–H and O–H groups in total. The topological polar surface area (TPSA) is 8.81 Å². The molecule has 1 aromatic heterocycles. The quantitative estimate of drug-likeness (QED) is 0.445. The van der Waals surface area contributed by atoms with Gasteiger partial charge >= 0.3 is 5.16 Å². The zero-order chi connectivity index (χ0) is 6.85. The Labute approximate surface area is 65.5 Å². The van der Waals surface area contributed by atoms with Crippen LogP contribution >= 0.6 is 25.4 Å². The van der Waals surface area contributed by atoms with Crippen LogP contribution in [0.25, 0.3) is 0 Å². The minimum atomic E-state index is 0.862. The van der Waals surface area contributed by atoms with E-state index in [9.17, 15) is 0 Å². The number of hydrogen-bond donors (Lipinski definition) is 2. The fourth-order valence-corrected chi connectivity index (χ4v) is 1.10. The third-order valence-electron chi connectivity index (χ3n) is 1.19. The highest BCUT2D eigenvalue weighted by Crippen LogP contribution is 2.00. The lowest BCUT2D eigenvalue weighted by Crippen LogP contribution is -2.31. The first-order valence-corrected chi connectivity index (χ1v) is 3.59. The predicted octanol–water partition coefficient (Wildman–Crippen LogP) is 0.777. The average molecular weight is 161 g/mol. The van der Waals surface area contributed by atoms with E-state index >= 15 is 0 Å². The summed E-state index contributed by atoms with van der Waals surface area (Å²) in [7, 11) is 0. The van der Waals surface area contributed by atoms with E-state index in [2.05, 4.69) is 32.4 Å². The smallest absolute Gasteiger partial charge is 0.224 e. The van der Waals surface area contributed by atoms with Crippen LogP contribution in [-0.2, 0) is 6.54 Å². The first-order valence-electron chi connectivity index (χ1n) is 2.74. The molecule has 0 unspecified atom stereocenters. The SMILES string of the molecule is CC[n+]1ccn(S)c1S. The van der Waals surface area contributed by atoms with Crippen LogP contribution in [0.1, 0.15) is 6.92 Å². The summed E-state index contributed by atoms with van der Waals surface area (Å²) >= 11 is 8.28. The lowest BCUT2D eigenvalue weighted by atomic mass is 10.7. The summed E-state index contributed by atoms with van der Waals surface area (Å²) in [5, 5.41) is 0.862. The van der Waals surface area contributed by atoms with Crippen LogP contribution in [0.4, 0.5) is 0 Å². The molecule has 50 valence electrons. The zero-order valence-corrected chi connectivity index (χ0v) is 6.94. The van der Waals surface area contributed by atoms with Crippen LogP contribution in [0.5, 0.6) is 0 Å². The normalized spacial score (nSPS) is 10.1. The highest BCUT2D eigenvalue weighted by molar-refractivity contribution is 7.82. The van der Waals surface area contributed by atoms with Crippen molar-refractivity contribution in [2.45, 2.75) is 18.6 Å². The standard InChI is InChI=1S/C5H8N2S2/c1-2-6-3-4-7(9)5(6)8/h3-4,9H,2H2,1H3/p+1. The van der Waals surface area contributed by atoms with E-state index in [1.807, 2.05) is 17.0 Å². The Kier molecular flexibility index (Phi) is 2.08. The van der Waals surface area contributed by atoms with Gasteiger partial charge in [0.25, 0.3) is 0 Å². The molecule has 0 amide bonds. The van der Waals surface area contributed by atoms with Gasteiger partial charge in [0, 0.05) is 12.8 Å². The van der Waals surface area contributed by atoms with Crippen LogP contribution in [0.2, 0.25) is 0 Å². The van der Waals surface area contributed by atoms with Crippen LogP contribution < -0.4 is 4.57 Å². The van der Waals surface area contributed by atoms with E-state index in [0.29, 0.717) is 0 Å². The molecule has 1 rings (SSSR count). The Morgan fingerprint density at radius 1 is 1.78 bits per heavy atom. The van der Waals surface area contributed by atoms with E-state index in [-0.39, 0.29) is 0 Å². The number of hydrogen-bond acceptors (Lipinski definition) is 2. The maximum Gasteiger partial charge on any atom is 0.326 e. The largest absolute Gasteiger partial charge is 0.326 e. The van der Waals surface area contributed by atoms with Crippen LogP contribution in [0, 0.1) is 0 Å². The maximum atomic E-state index is 4.19. The van der Waals surface area contributed by atoms with Crippen LogP contribution in [0.15, 0.2) is 17.6 Å². The Balaban J connectivity index is 3.04. The number of aryl methyl sites for hydroxylation is 1. The van der Waals surface area contributed by atoms with Crippen LogP contribution in [0.3, 0.4) is 0 Å². The van der Waals surface area contributed by atoms with Crippen molar-refractivity contribution in [3.63, 3.8) is 0 Å². The summed E-state index contributed by atoms with van der Waals surface area (Å²) in [6, 6.07) is 0. The highest BCUT2D eigenvalue weighted by atomic mass is 32.1. The fraction of sp³-hybridized carbons (Fsp3) is 0.400. The molecule has 0 radical (unpaired) electrons. The summed E-state index contributed by atoms with van der Waals surface area (Å²) in [4.78, 5) is 0. The van der Waals surface area contributed by atoms with Gasteiger partial charge in [-0.15, -0.1) is 0 Å². The average Bonchev–Trinajstić information content (AvgIpc) is 2.15. The minimum absolute atomic E-state index is 0.862. The summed E-state index contributed by atoms with van der Waals surface area (Å²) in [5.41, 5.74) is 0. The van der Waals surface area contributed by atoms with Crippen molar-refractivity contribution >= 4 is 25.4 Å². The van der Waals surface area contributed by atoms with E-state index in [1.165, 1.54) is 0 Å². The van der Waals surface area contributed by atoms with Crippen molar-refractivity contribution in [1.29, 1.82) is 0 Å². The third kappa shape index (κ3) is 1.24. The molecule has 1 heterocycles. The van der Waals surface area contributed by atoms with Gasteiger partial charge in [-0.2, -0.15) is 3.97 Å². The summed E-state index contributed by atoms with van der Waals surface area (Å²) in [5.74, 6) is 0. The van der Waals surface area contributed by atoms with Crippen molar-refractivity contribution in [3.05, 3.63) is 12.4 Å². The molecular formula is C5H9N2S2+. The molecule has 0 aliphatic carbocycles. The first-order chi connectivity index (χ1) is 4.25. The number of aromatic nitrogens is 2.